The Morgan fingerprint density at radius 1 is 1.27 bits per heavy atom. The number of hydrogen-bond donors (Lipinski definition) is 2. The van der Waals surface area contributed by atoms with Crippen LogP contribution in [0.1, 0.15) is 32.3 Å². The van der Waals surface area contributed by atoms with Crippen molar-refractivity contribution in [2.45, 2.75) is 39.3 Å². The number of guanidine groups is 1. The molecule has 0 bridgehead atoms. The fraction of sp³-hybridized carbons (Fsp3) is 0.600. The summed E-state index contributed by atoms with van der Waals surface area (Å²) >= 11 is 0. The number of carbonyl (C=O) groups excluding carboxylic acids is 1. The van der Waals surface area contributed by atoms with Crippen molar-refractivity contribution in [3.8, 4) is 5.75 Å². The molecule has 170 valence electrons. The zero-order valence-corrected chi connectivity index (χ0v) is 21.0. The lowest BCUT2D eigenvalue weighted by atomic mass is 10.2. The molecule has 0 aliphatic carbocycles. The summed E-state index contributed by atoms with van der Waals surface area (Å²) < 4.78 is 28.4. The molecule has 0 radical (unpaired) electrons. The Morgan fingerprint density at radius 3 is 2.53 bits per heavy atom. The van der Waals surface area contributed by atoms with Crippen LogP contribution in [0.15, 0.2) is 29.3 Å². The van der Waals surface area contributed by atoms with Crippen LogP contribution in [0.5, 0.6) is 5.75 Å². The molecule has 2 N–H and O–H groups in total. The Balaban J connectivity index is 0.00000450. The predicted octanol–water partition coefficient (Wildman–Crippen LogP) is 1.79. The monoisotopic (exact) mass is 552 g/mol. The number of amides is 1. The van der Waals surface area contributed by atoms with Crippen molar-refractivity contribution >= 4 is 45.7 Å². The van der Waals surface area contributed by atoms with Gasteiger partial charge in [-0.25, -0.2) is 8.42 Å². The first-order valence-electron chi connectivity index (χ1n) is 10.0. The molecular weight excluding hydrogens is 519 g/mol. The lowest BCUT2D eigenvalue weighted by molar-refractivity contribution is -0.121. The van der Waals surface area contributed by atoms with Crippen LogP contribution in [-0.4, -0.2) is 69.5 Å². The second-order valence-electron chi connectivity index (χ2n) is 7.09. The Morgan fingerprint density at radius 2 is 1.97 bits per heavy atom. The number of sulfone groups is 1. The van der Waals surface area contributed by atoms with E-state index in [9.17, 15) is 13.2 Å². The maximum Gasteiger partial charge on any atom is 0.222 e. The standard InChI is InChI=1S/C20H32N4O4S.HI/c1-4-21-20(24(3)14-16-6-8-18(9-7-16)28-5-2)22-12-10-19(25)23-17-11-13-29(26,27)15-17;/h6-9,17H,4-5,10-15H2,1-3H3,(H,21,22)(H,23,25);1H. The number of halogens is 1. The molecule has 1 saturated heterocycles. The lowest BCUT2D eigenvalue weighted by Crippen LogP contribution is -2.39. The number of rotatable bonds is 9. The molecule has 1 atom stereocenters. The first kappa shape index (κ1) is 26.5. The molecule has 30 heavy (non-hydrogen) atoms. The van der Waals surface area contributed by atoms with E-state index in [0.717, 1.165) is 23.8 Å². The Kier molecular flexibility index (Phi) is 11.5. The largest absolute Gasteiger partial charge is 0.494 e. The smallest absolute Gasteiger partial charge is 0.222 e. The van der Waals surface area contributed by atoms with Gasteiger partial charge in [0, 0.05) is 32.6 Å². The second-order valence-corrected chi connectivity index (χ2v) is 9.31. The summed E-state index contributed by atoms with van der Waals surface area (Å²) in [5.41, 5.74) is 1.13. The number of carbonyl (C=O) groups is 1. The highest BCUT2D eigenvalue weighted by Gasteiger charge is 2.28. The number of ether oxygens (including phenoxy) is 1. The summed E-state index contributed by atoms with van der Waals surface area (Å²) in [4.78, 5) is 18.6. The highest BCUT2D eigenvalue weighted by atomic mass is 127. The number of nitrogens with one attached hydrogen (secondary N) is 2. The van der Waals surface area contributed by atoms with Crippen LogP contribution in [0.2, 0.25) is 0 Å². The minimum atomic E-state index is -3.00. The van der Waals surface area contributed by atoms with Crippen LogP contribution >= 0.6 is 24.0 Å². The van der Waals surface area contributed by atoms with E-state index < -0.39 is 9.84 Å². The zero-order valence-electron chi connectivity index (χ0n) is 17.9. The summed E-state index contributed by atoms with van der Waals surface area (Å²) in [5.74, 6) is 1.59. The average Bonchev–Trinajstić information content (AvgIpc) is 3.01. The third-order valence-corrected chi connectivity index (χ3v) is 6.32. The molecule has 0 saturated carbocycles. The molecular formula is C20H33IN4O4S. The van der Waals surface area contributed by atoms with Crippen LogP contribution < -0.4 is 15.4 Å². The lowest BCUT2D eigenvalue weighted by Gasteiger charge is -2.22. The normalized spacial score (nSPS) is 17.7. The number of hydrogen-bond acceptors (Lipinski definition) is 5. The first-order valence-corrected chi connectivity index (χ1v) is 11.9. The van der Waals surface area contributed by atoms with Gasteiger partial charge in [-0.2, -0.15) is 0 Å². The summed E-state index contributed by atoms with van der Waals surface area (Å²) in [6.07, 6.45) is 0.715. The fourth-order valence-corrected chi connectivity index (χ4v) is 4.82. The summed E-state index contributed by atoms with van der Waals surface area (Å²) in [6.45, 7) is 6.31. The van der Waals surface area contributed by atoms with E-state index in [1.807, 2.05) is 50.1 Å². The number of aliphatic imine (C=N–C) groups is 1. The van der Waals surface area contributed by atoms with Crippen molar-refractivity contribution in [2.24, 2.45) is 4.99 Å². The van der Waals surface area contributed by atoms with E-state index in [2.05, 4.69) is 15.6 Å². The summed E-state index contributed by atoms with van der Waals surface area (Å²) in [5, 5.41) is 6.02. The fourth-order valence-electron chi connectivity index (χ4n) is 3.15. The van der Waals surface area contributed by atoms with Crippen molar-refractivity contribution in [1.82, 2.24) is 15.5 Å². The second kappa shape index (κ2) is 13.0. The van der Waals surface area contributed by atoms with Crippen molar-refractivity contribution in [1.29, 1.82) is 0 Å². The quantitative estimate of drug-likeness (QED) is 0.276. The Bertz CT molecular complexity index is 800. The molecule has 1 fully saturated rings. The molecule has 2 rings (SSSR count). The molecule has 1 aliphatic heterocycles. The first-order chi connectivity index (χ1) is 13.8. The Labute approximate surface area is 196 Å². The van der Waals surface area contributed by atoms with E-state index in [-0.39, 0.29) is 53.9 Å². The van der Waals surface area contributed by atoms with Crippen molar-refractivity contribution in [2.75, 3.05) is 38.2 Å². The molecule has 1 heterocycles. The summed E-state index contributed by atoms with van der Waals surface area (Å²) in [7, 11) is -1.05. The van der Waals surface area contributed by atoms with Gasteiger partial charge >= 0.3 is 0 Å². The van der Waals surface area contributed by atoms with Crippen LogP contribution in [0.25, 0.3) is 0 Å². The molecule has 10 heteroatoms. The zero-order chi connectivity index (χ0) is 21.3. The van der Waals surface area contributed by atoms with Crippen molar-refractivity contribution in [3.63, 3.8) is 0 Å². The van der Waals surface area contributed by atoms with Gasteiger partial charge in [-0.3, -0.25) is 9.79 Å². The molecule has 1 aromatic carbocycles. The highest BCUT2D eigenvalue weighted by molar-refractivity contribution is 14.0. The van der Waals surface area contributed by atoms with Crippen LogP contribution in [0, 0.1) is 0 Å². The van der Waals surface area contributed by atoms with E-state index in [1.165, 1.54) is 0 Å². The molecule has 0 spiro atoms. The predicted molar refractivity (Wildman–Crippen MR) is 130 cm³/mol. The maximum atomic E-state index is 12.1. The van der Waals surface area contributed by atoms with Crippen LogP contribution in [0.3, 0.4) is 0 Å². The number of nitrogens with zero attached hydrogens (tertiary/aromatic N) is 2. The van der Waals surface area contributed by atoms with E-state index in [4.69, 9.17) is 4.74 Å². The number of benzene rings is 1. The molecule has 8 nitrogen and oxygen atoms in total. The van der Waals surface area contributed by atoms with Gasteiger partial charge in [0.05, 0.1) is 24.7 Å². The van der Waals surface area contributed by atoms with Gasteiger partial charge in [0.25, 0.3) is 0 Å². The van der Waals surface area contributed by atoms with Crippen molar-refractivity contribution < 1.29 is 17.9 Å². The molecule has 1 aliphatic rings. The van der Waals surface area contributed by atoms with Gasteiger partial charge < -0.3 is 20.3 Å². The minimum absolute atomic E-state index is 0. The van der Waals surface area contributed by atoms with Crippen LogP contribution in [0.4, 0.5) is 0 Å². The van der Waals surface area contributed by atoms with Gasteiger partial charge in [0.15, 0.2) is 15.8 Å². The maximum absolute atomic E-state index is 12.1. The average molecular weight is 552 g/mol. The molecule has 1 unspecified atom stereocenters. The van der Waals surface area contributed by atoms with Gasteiger partial charge in [0.1, 0.15) is 5.75 Å². The summed E-state index contributed by atoms with van der Waals surface area (Å²) in [6, 6.07) is 7.67. The minimum Gasteiger partial charge on any atom is -0.494 e. The van der Waals surface area contributed by atoms with Gasteiger partial charge in [-0.1, -0.05) is 12.1 Å². The van der Waals surface area contributed by atoms with E-state index in [1.54, 1.807) is 0 Å². The SMILES string of the molecule is CCNC(=NCCC(=O)NC1CCS(=O)(=O)C1)N(C)Cc1ccc(OCC)cc1.I. The molecule has 1 amide bonds. The van der Waals surface area contributed by atoms with Gasteiger partial charge in [-0.05, 0) is 38.0 Å². The topological polar surface area (TPSA) is 100 Å². The van der Waals surface area contributed by atoms with E-state index >= 15 is 0 Å². The third-order valence-electron chi connectivity index (χ3n) is 4.55. The molecule has 0 aromatic heterocycles. The van der Waals surface area contributed by atoms with Gasteiger partial charge in [0.2, 0.25) is 5.91 Å². The van der Waals surface area contributed by atoms with Crippen molar-refractivity contribution in [3.05, 3.63) is 29.8 Å². The third kappa shape index (κ3) is 9.07. The Hall–Kier alpha value is -1.56. The van der Waals surface area contributed by atoms with E-state index in [0.29, 0.717) is 26.1 Å². The van der Waals surface area contributed by atoms with Gasteiger partial charge in [-0.15, -0.1) is 24.0 Å². The highest BCUT2D eigenvalue weighted by Crippen LogP contribution is 2.13. The van der Waals surface area contributed by atoms with Crippen LogP contribution in [-0.2, 0) is 21.2 Å². The molecule has 1 aromatic rings.